The number of nitrogens with zero attached hydrogens (tertiary/aromatic N) is 3. The van der Waals surface area contributed by atoms with Crippen molar-refractivity contribution in [3.8, 4) is 11.3 Å². The average molecular weight is 253 g/mol. The molecule has 7 heteroatoms. The smallest absolute Gasteiger partial charge is 0.294 e. The lowest BCUT2D eigenvalue weighted by Crippen LogP contribution is -2.08. The molecule has 0 aliphatic rings. The molecule has 0 atom stereocenters. The highest BCUT2D eigenvalue weighted by molar-refractivity contribution is 5.71. The molecule has 0 N–H and O–H groups in total. The number of aldehydes is 1. The molecule has 2 rings (SSSR count). The predicted octanol–water partition coefficient (Wildman–Crippen LogP) is 2.37. The molecule has 92 valence electrons. The predicted molar refractivity (Wildman–Crippen MR) is 55.7 cm³/mol. The Morgan fingerprint density at radius 3 is 2.56 bits per heavy atom. The van der Waals surface area contributed by atoms with Crippen LogP contribution in [-0.2, 0) is 6.18 Å². The summed E-state index contributed by atoms with van der Waals surface area (Å²) in [5, 5.41) is 6.81. The molecule has 0 saturated carbocycles. The van der Waals surface area contributed by atoms with Crippen molar-refractivity contribution < 1.29 is 18.0 Å². The number of hydrogen-bond acceptors (Lipinski definition) is 4. The van der Waals surface area contributed by atoms with Gasteiger partial charge in [-0.15, -0.1) is 5.10 Å². The first-order valence-corrected chi connectivity index (χ1v) is 4.84. The van der Waals surface area contributed by atoms with Gasteiger partial charge in [-0.3, -0.25) is 4.79 Å². The van der Waals surface area contributed by atoms with Crippen LogP contribution in [0.5, 0.6) is 0 Å². The number of alkyl halides is 3. The zero-order chi connectivity index (χ0) is 13.2. The van der Waals surface area contributed by atoms with Gasteiger partial charge in [-0.25, -0.2) is 4.98 Å². The van der Waals surface area contributed by atoms with Gasteiger partial charge in [-0.05, 0) is 6.07 Å². The molecule has 1 heterocycles. The molecular weight excluding hydrogens is 247 g/mol. The van der Waals surface area contributed by atoms with Crippen molar-refractivity contribution in [2.75, 3.05) is 0 Å². The van der Waals surface area contributed by atoms with Gasteiger partial charge in [0.15, 0.2) is 6.29 Å². The van der Waals surface area contributed by atoms with E-state index >= 15 is 0 Å². The van der Waals surface area contributed by atoms with E-state index in [4.69, 9.17) is 0 Å². The van der Waals surface area contributed by atoms with Crippen LogP contribution in [0.1, 0.15) is 16.2 Å². The normalized spacial score (nSPS) is 11.3. The van der Waals surface area contributed by atoms with Gasteiger partial charge < -0.3 is 0 Å². The third-order valence-electron chi connectivity index (χ3n) is 2.19. The Hall–Kier alpha value is -2.31. The zero-order valence-corrected chi connectivity index (χ0v) is 8.85. The van der Waals surface area contributed by atoms with Crippen LogP contribution in [0.4, 0.5) is 13.2 Å². The lowest BCUT2D eigenvalue weighted by atomic mass is 10.0. The van der Waals surface area contributed by atoms with Gasteiger partial charge in [0.1, 0.15) is 0 Å². The summed E-state index contributed by atoms with van der Waals surface area (Å²) >= 11 is 0. The van der Waals surface area contributed by atoms with Crippen molar-refractivity contribution in [2.24, 2.45) is 0 Å². The first-order valence-electron chi connectivity index (χ1n) is 4.84. The lowest BCUT2D eigenvalue weighted by molar-refractivity contribution is -0.137. The molecule has 1 aromatic heterocycles. The Balaban J connectivity index is 2.60. The average Bonchev–Trinajstić information content (AvgIpc) is 2.38. The van der Waals surface area contributed by atoms with Crippen LogP contribution in [0.3, 0.4) is 0 Å². The number of carbonyl (C=O) groups is 1. The second-order valence-corrected chi connectivity index (χ2v) is 3.36. The van der Waals surface area contributed by atoms with E-state index in [1.54, 1.807) is 0 Å². The lowest BCUT2D eigenvalue weighted by Gasteiger charge is -2.11. The van der Waals surface area contributed by atoms with Crippen molar-refractivity contribution >= 4 is 6.29 Å². The van der Waals surface area contributed by atoms with E-state index in [9.17, 15) is 18.0 Å². The fraction of sp³-hybridized carbons (Fsp3) is 0.0909. The number of carbonyl (C=O) groups excluding carboxylic acids is 1. The Kier molecular flexibility index (Phi) is 3.05. The van der Waals surface area contributed by atoms with E-state index in [2.05, 4.69) is 15.2 Å². The highest BCUT2D eigenvalue weighted by Gasteiger charge is 2.33. The van der Waals surface area contributed by atoms with E-state index in [1.807, 2.05) is 0 Å². The summed E-state index contributed by atoms with van der Waals surface area (Å²) in [5.74, 6) is -0.260. The first kappa shape index (κ1) is 12.2. The largest absolute Gasteiger partial charge is 0.417 e. The second-order valence-electron chi connectivity index (χ2n) is 3.36. The van der Waals surface area contributed by atoms with E-state index in [0.29, 0.717) is 6.29 Å². The van der Waals surface area contributed by atoms with E-state index in [0.717, 1.165) is 12.3 Å². The van der Waals surface area contributed by atoms with Crippen LogP contribution in [0, 0.1) is 0 Å². The van der Waals surface area contributed by atoms with Crippen LogP contribution in [0.2, 0.25) is 0 Å². The molecule has 4 nitrogen and oxygen atoms in total. The number of benzene rings is 1. The number of hydrogen-bond donors (Lipinski definition) is 0. The summed E-state index contributed by atoms with van der Waals surface area (Å²) in [4.78, 5) is 14.2. The van der Waals surface area contributed by atoms with Gasteiger partial charge in [0.25, 0.3) is 0 Å². The molecule has 0 saturated heterocycles. The molecular formula is C11H6F3N3O. The summed E-state index contributed by atoms with van der Waals surface area (Å²) < 4.78 is 38.3. The monoisotopic (exact) mass is 253 g/mol. The zero-order valence-electron chi connectivity index (χ0n) is 8.85. The fourth-order valence-corrected chi connectivity index (χ4v) is 1.45. The summed E-state index contributed by atoms with van der Waals surface area (Å²) in [6.45, 7) is 0. The minimum atomic E-state index is -4.50. The Morgan fingerprint density at radius 2 is 1.89 bits per heavy atom. The minimum Gasteiger partial charge on any atom is -0.294 e. The Morgan fingerprint density at radius 1 is 1.17 bits per heavy atom. The van der Waals surface area contributed by atoms with E-state index < -0.39 is 11.7 Å². The molecule has 0 amide bonds. The van der Waals surface area contributed by atoms with Crippen LogP contribution in [-0.4, -0.2) is 21.5 Å². The van der Waals surface area contributed by atoms with Crippen molar-refractivity contribution in [1.29, 1.82) is 0 Å². The maximum Gasteiger partial charge on any atom is 0.417 e. The highest BCUT2D eigenvalue weighted by Crippen LogP contribution is 2.35. The second kappa shape index (κ2) is 4.52. The third-order valence-corrected chi connectivity index (χ3v) is 2.19. The number of rotatable bonds is 2. The van der Waals surface area contributed by atoms with Gasteiger partial charge in [0, 0.05) is 5.56 Å². The molecule has 0 unspecified atom stereocenters. The first-order chi connectivity index (χ1) is 8.52. The Labute approximate surface area is 99.5 Å². The van der Waals surface area contributed by atoms with Gasteiger partial charge in [0.05, 0.1) is 17.5 Å². The van der Waals surface area contributed by atoms with Crippen LogP contribution >= 0.6 is 0 Å². The SMILES string of the molecule is O=Cc1nncc(-c2ccccc2C(F)(F)F)n1. The van der Waals surface area contributed by atoms with Gasteiger partial charge in [-0.2, -0.15) is 18.3 Å². The van der Waals surface area contributed by atoms with Gasteiger partial charge in [-0.1, -0.05) is 18.2 Å². The molecule has 0 fully saturated rings. The van der Waals surface area contributed by atoms with Crippen molar-refractivity contribution in [3.05, 3.63) is 41.9 Å². The Bertz CT molecular complexity index is 584. The summed E-state index contributed by atoms with van der Waals surface area (Å²) in [6.07, 6.45) is -3.09. The van der Waals surface area contributed by atoms with Crippen molar-refractivity contribution in [2.45, 2.75) is 6.18 Å². The quantitative estimate of drug-likeness (QED) is 0.771. The number of aromatic nitrogens is 3. The molecule has 0 bridgehead atoms. The topological polar surface area (TPSA) is 55.7 Å². The third kappa shape index (κ3) is 2.34. The summed E-state index contributed by atoms with van der Waals surface area (Å²) in [6, 6.07) is 4.94. The maximum absolute atomic E-state index is 12.8. The molecule has 0 spiro atoms. The number of halogens is 3. The minimum absolute atomic E-state index is 0.0416. The summed E-state index contributed by atoms with van der Waals surface area (Å²) in [5.41, 5.74) is -1.01. The van der Waals surface area contributed by atoms with Crippen molar-refractivity contribution in [1.82, 2.24) is 15.2 Å². The van der Waals surface area contributed by atoms with E-state index in [-0.39, 0.29) is 17.1 Å². The van der Waals surface area contributed by atoms with Crippen LogP contribution < -0.4 is 0 Å². The van der Waals surface area contributed by atoms with Crippen LogP contribution in [0.15, 0.2) is 30.5 Å². The molecule has 2 aromatic rings. The molecule has 1 aromatic carbocycles. The fourth-order valence-electron chi connectivity index (χ4n) is 1.45. The molecule has 18 heavy (non-hydrogen) atoms. The van der Waals surface area contributed by atoms with Gasteiger partial charge in [0.2, 0.25) is 5.82 Å². The molecule has 0 aliphatic heterocycles. The van der Waals surface area contributed by atoms with Gasteiger partial charge >= 0.3 is 6.18 Å². The standard InChI is InChI=1S/C11H6F3N3O/c12-11(13,14)8-4-2-1-3-7(8)9-5-15-17-10(6-18)16-9/h1-6H. The molecule has 0 aliphatic carbocycles. The highest BCUT2D eigenvalue weighted by atomic mass is 19.4. The van der Waals surface area contributed by atoms with Crippen LogP contribution in [0.25, 0.3) is 11.3 Å². The van der Waals surface area contributed by atoms with E-state index in [1.165, 1.54) is 18.2 Å². The molecule has 0 radical (unpaired) electrons. The van der Waals surface area contributed by atoms with Crippen molar-refractivity contribution in [3.63, 3.8) is 0 Å². The maximum atomic E-state index is 12.8. The summed E-state index contributed by atoms with van der Waals surface area (Å²) in [7, 11) is 0.